The van der Waals surface area contributed by atoms with Crippen molar-refractivity contribution in [1.29, 1.82) is 0 Å². The smallest absolute Gasteiger partial charge is 0.331 e. The van der Waals surface area contributed by atoms with Crippen LogP contribution in [0.1, 0.15) is 48.5 Å². The second-order valence-electron chi connectivity index (χ2n) is 8.68. The maximum absolute atomic E-state index is 12.0. The third-order valence-corrected chi connectivity index (χ3v) is 10.2. The fraction of sp³-hybridized carbons (Fsp3) is 0.737. The summed E-state index contributed by atoms with van der Waals surface area (Å²) in [5.74, 6) is -0.0460. The SMILES string of the molecule is C=C1/C(=C/C(=O)OCC)C(O[Si](C)(C)C(C)(C)C)C(C)(C)C1C. The van der Waals surface area contributed by atoms with Crippen molar-refractivity contribution in [1.82, 2.24) is 0 Å². The molecule has 0 aromatic carbocycles. The van der Waals surface area contributed by atoms with Crippen molar-refractivity contribution in [3.05, 3.63) is 23.8 Å². The molecular weight excluding hydrogens is 304 g/mol. The zero-order chi connectivity index (χ0) is 18.2. The molecule has 0 radical (unpaired) electrons. The highest BCUT2D eigenvalue weighted by Gasteiger charge is 2.51. The van der Waals surface area contributed by atoms with E-state index in [0.717, 1.165) is 11.1 Å². The molecule has 0 heterocycles. The number of carbonyl (C=O) groups excluding carboxylic acids is 1. The van der Waals surface area contributed by atoms with Crippen LogP contribution in [0.25, 0.3) is 0 Å². The van der Waals surface area contributed by atoms with Crippen LogP contribution in [0.2, 0.25) is 18.1 Å². The summed E-state index contributed by atoms with van der Waals surface area (Å²) in [6.07, 6.45) is 1.48. The monoisotopic (exact) mass is 338 g/mol. The second-order valence-corrected chi connectivity index (χ2v) is 13.4. The molecule has 1 aliphatic rings. The number of hydrogen-bond acceptors (Lipinski definition) is 3. The highest BCUT2D eigenvalue weighted by molar-refractivity contribution is 6.74. The van der Waals surface area contributed by atoms with Crippen LogP contribution in [0.4, 0.5) is 0 Å². The van der Waals surface area contributed by atoms with Gasteiger partial charge < -0.3 is 9.16 Å². The predicted molar refractivity (Wildman–Crippen MR) is 98.9 cm³/mol. The van der Waals surface area contributed by atoms with E-state index in [1.165, 1.54) is 0 Å². The Hall–Kier alpha value is -0.873. The largest absolute Gasteiger partial charge is 0.463 e. The summed E-state index contributed by atoms with van der Waals surface area (Å²) >= 11 is 0. The summed E-state index contributed by atoms with van der Waals surface area (Å²) in [7, 11) is -1.96. The van der Waals surface area contributed by atoms with E-state index in [9.17, 15) is 4.79 Å². The Morgan fingerprint density at radius 2 is 1.87 bits per heavy atom. The third kappa shape index (κ3) is 3.97. The molecule has 0 aliphatic heterocycles. The Morgan fingerprint density at radius 1 is 1.35 bits per heavy atom. The molecule has 1 aliphatic carbocycles. The van der Waals surface area contributed by atoms with Gasteiger partial charge in [-0.25, -0.2) is 4.79 Å². The molecule has 0 amide bonds. The van der Waals surface area contributed by atoms with E-state index in [2.05, 4.69) is 61.2 Å². The predicted octanol–water partition coefficient (Wildman–Crippen LogP) is 5.10. The maximum Gasteiger partial charge on any atom is 0.331 e. The van der Waals surface area contributed by atoms with Crippen LogP contribution in [0.15, 0.2) is 23.8 Å². The highest BCUT2D eigenvalue weighted by atomic mass is 28.4. The normalized spacial score (nSPS) is 26.7. The van der Waals surface area contributed by atoms with Gasteiger partial charge in [-0.3, -0.25) is 0 Å². The first kappa shape index (κ1) is 20.2. The number of hydrogen-bond donors (Lipinski definition) is 0. The van der Waals surface area contributed by atoms with Gasteiger partial charge in [-0.2, -0.15) is 0 Å². The molecule has 1 saturated carbocycles. The molecule has 1 rings (SSSR count). The zero-order valence-electron chi connectivity index (χ0n) is 16.4. The van der Waals surface area contributed by atoms with Crippen molar-refractivity contribution >= 4 is 14.3 Å². The molecule has 3 nitrogen and oxygen atoms in total. The van der Waals surface area contributed by atoms with E-state index >= 15 is 0 Å². The van der Waals surface area contributed by atoms with E-state index in [1.54, 1.807) is 6.08 Å². The molecule has 0 aromatic rings. The molecule has 0 bridgehead atoms. The Bertz CT molecular complexity index is 509. The van der Waals surface area contributed by atoms with Gasteiger partial charge in [0.15, 0.2) is 8.32 Å². The molecule has 0 aromatic heterocycles. The van der Waals surface area contributed by atoms with Crippen molar-refractivity contribution in [3.8, 4) is 0 Å². The molecule has 2 unspecified atom stereocenters. The summed E-state index contributed by atoms with van der Waals surface area (Å²) < 4.78 is 11.8. The van der Waals surface area contributed by atoms with Gasteiger partial charge in [-0.05, 0) is 42.1 Å². The summed E-state index contributed by atoms with van der Waals surface area (Å²) in [6.45, 7) is 24.2. The van der Waals surface area contributed by atoms with Gasteiger partial charge in [0.25, 0.3) is 0 Å². The van der Waals surface area contributed by atoms with Gasteiger partial charge in [0.05, 0.1) is 12.7 Å². The Balaban J connectivity index is 3.27. The molecule has 0 N–H and O–H groups in total. The Morgan fingerprint density at radius 3 is 2.30 bits per heavy atom. The van der Waals surface area contributed by atoms with Gasteiger partial charge in [-0.1, -0.05) is 48.1 Å². The van der Waals surface area contributed by atoms with Gasteiger partial charge in [0.2, 0.25) is 0 Å². The minimum atomic E-state index is -1.96. The van der Waals surface area contributed by atoms with Crippen LogP contribution in [-0.2, 0) is 14.0 Å². The first-order chi connectivity index (χ1) is 10.3. The van der Waals surface area contributed by atoms with E-state index in [0.29, 0.717) is 6.61 Å². The quantitative estimate of drug-likeness (QED) is 0.406. The van der Waals surface area contributed by atoms with Crippen LogP contribution in [0.3, 0.4) is 0 Å². The number of ether oxygens (including phenoxy) is 1. The molecule has 0 spiro atoms. The summed E-state index contributed by atoms with van der Waals surface area (Å²) in [5, 5.41) is 0.116. The van der Waals surface area contributed by atoms with E-state index in [1.807, 2.05) is 6.92 Å². The first-order valence-corrected chi connectivity index (χ1v) is 11.4. The molecule has 1 fully saturated rings. The van der Waals surface area contributed by atoms with Crippen LogP contribution in [0.5, 0.6) is 0 Å². The number of esters is 1. The molecule has 2 atom stereocenters. The second kappa shape index (κ2) is 6.56. The fourth-order valence-corrected chi connectivity index (χ4v) is 4.03. The van der Waals surface area contributed by atoms with Crippen molar-refractivity contribution < 1.29 is 14.0 Å². The minimum absolute atomic E-state index is 0.0923. The Labute approximate surface area is 143 Å². The molecule has 0 saturated heterocycles. The standard InChI is InChI=1S/C19H34O3Si/c1-11-21-16(20)12-15-13(2)14(3)19(7,8)17(15)22-23(9,10)18(4,5)6/h12,14,17H,2,11H2,1,3-10H3/b15-12-. The van der Waals surface area contributed by atoms with Crippen molar-refractivity contribution in [3.63, 3.8) is 0 Å². The number of carbonyl (C=O) groups is 1. The van der Waals surface area contributed by atoms with E-state index in [-0.39, 0.29) is 28.4 Å². The van der Waals surface area contributed by atoms with Gasteiger partial charge in [0, 0.05) is 11.5 Å². The van der Waals surface area contributed by atoms with E-state index in [4.69, 9.17) is 9.16 Å². The van der Waals surface area contributed by atoms with Gasteiger partial charge >= 0.3 is 5.97 Å². The summed E-state index contributed by atoms with van der Waals surface area (Å²) in [4.78, 5) is 12.0. The van der Waals surface area contributed by atoms with E-state index < -0.39 is 8.32 Å². The summed E-state index contributed by atoms with van der Waals surface area (Å²) in [6, 6.07) is 0. The Kier molecular flexibility index (Phi) is 5.75. The average molecular weight is 339 g/mol. The lowest BCUT2D eigenvalue weighted by atomic mass is 9.81. The van der Waals surface area contributed by atoms with Crippen LogP contribution in [0, 0.1) is 11.3 Å². The molecule has 23 heavy (non-hydrogen) atoms. The highest BCUT2D eigenvalue weighted by Crippen LogP contribution is 2.52. The van der Waals surface area contributed by atoms with Crippen LogP contribution in [-0.4, -0.2) is 27.0 Å². The van der Waals surface area contributed by atoms with Gasteiger partial charge in [0.1, 0.15) is 0 Å². The maximum atomic E-state index is 12.0. The topological polar surface area (TPSA) is 35.5 Å². The van der Waals surface area contributed by atoms with Crippen LogP contribution < -0.4 is 0 Å². The lowest BCUT2D eigenvalue weighted by Gasteiger charge is -2.42. The first-order valence-electron chi connectivity index (χ1n) is 8.51. The molecule has 132 valence electrons. The average Bonchev–Trinajstić information content (AvgIpc) is 2.52. The van der Waals surface area contributed by atoms with Crippen molar-refractivity contribution in [2.24, 2.45) is 11.3 Å². The minimum Gasteiger partial charge on any atom is -0.463 e. The summed E-state index contributed by atoms with van der Waals surface area (Å²) in [5.41, 5.74) is 1.81. The fourth-order valence-electron chi connectivity index (χ4n) is 2.66. The molecular formula is C19H34O3Si. The zero-order valence-corrected chi connectivity index (χ0v) is 17.4. The van der Waals surface area contributed by atoms with Gasteiger partial charge in [-0.15, -0.1) is 0 Å². The lowest BCUT2D eigenvalue weighted by molar-refractivity contribution is -0.137. The molecule has 4 heteroatoms. The third-order valence-electron chi connectivity index (χ3n) is 5.75. The van der Waals surface area contributed by atoms with Crippen LogP contribution >= 0.6 is 0 Å². The number of rotatable bonds is 4. The lowest BCUT2D eigenvalue weighted by Crippen LogP contribution is -2.47. The van der Waals surface area contributed by atoms with Crippen molar-refractivity contribution in [2.75, 3.05) is 6.61 Å². The van der Waals surface area contributed by atoms with Crippen molar-refractivity contribution in [2.45, 2.75) is 72.7 Å².